The Kier molecular flexibility index (Phi) is 3.80. The van der Waals surface area contributed by atoms with Gasteiger partial charge in [-0.25, -0.2) is 9.48 Å². The summed E-state index contributed by atoms with van der Waals surface area (Å²) in [6.45, 7) is 1.23. The minimum absolute atomic E-state index is 0.172. The first-order chi connectivity index (χ1) is 11.6. The molecule has 2 aliphatic rings. The van der Waals surface area contributed by atoms with E-state index >= 15 is 0 Å². The quantitative estimate of drug-likeness (QED) is 0.923. The van der Waals surface area contributed by atoms with Crippen molar-refractivity contribution in [1.82, 2.24) is 19.9 Å². The maximum absolute atomic E-state index is 12.3. The second-order valence-electron chi connectivity index (χ2n) is 6.23. The number of urea groups is 1. The van der Waals surface area contributed by atoms with Gasteiger partial charge in [0.25, 0.3) is 0 Å². The summed E-state index contributed by atoms with van der Waals surface area (Å²) >= 11 is 5.98. The third kappa shape index (κ3) is 2.91. The molecule has 2 amide bonds. The van der Waals surface area contributed by atoms with Gasteiger partial charge in [0.15, 0.2) is 0 Å². The molecule has 24 heavy (non-hydrogen) atoms. The van der Waals surface area contributed by atoms with Crippen molar-refractivity contribution >= 4 is 23.3 Å². The fourth-order valence-electron chi connectivity index (χ4n) is 2.80. The molecule has 1 N–H and O–H groups in total. The molecule has 126 valence electrons. The maximum atomic E-state index is 12.3. The lowest BCUT2D eigenvalue weighted by Crippen LogP contribution is -2.52. The number of halogens is 1. The highest BCUT2D eigenvalue weighted by molar-refractivity contribution is 6.31. The van der Waals surface area contributed by atoms with Crippen LogP contribution in [0.2, 0.25) is 5.02 Å². The van der Waals surface area contributed by atoms with E-state index in [1.165, 1.54) is 12.8 Å². The van der Waals surface area contributed by atoms with E-state index in [1.54, 1.807) is 30.2 Å². The summed E-state index contributed by atoms with van der Waals surface area (Å²) in [7, 11) is 1.56. The van der Waals surface area contributed by atoms with Crippen molar-refractivity contribution in [2.75, 3.05) is 25.5 Å². The van der Waals surface area contributed by atoms with E-state index in [0.29, 0.717) is 35.5 Å². The summed E-state index contributed by atoms with van der Waals surface area (Å²) in [4.78, 5) is 14.1. The van der Waals surface area contributed by atoms with Gasteiger partial charge >= 0.3 is 6.03 Å². The van der Waals surface area contributed by atoms with Crippen LogP contribution < -0.4 is 10.1 Å². The SMILES string of the molecule is COc1ccc(Cl)cc1NC(=O)N1CC(n2cc(C3CC3)nn2)C1. The molecule has 0 atom stereocenters. The number of methoxy groups -OCH3 is 1. The largest absolute Gasteiger partial charge is 0.495 e. The molecule has 0 unspecified atom stereocenters. The molecule has 1 aliphatic carbocycles. The van der Waals surface area contributed by atoms with Crippen molar-refractivity contribution in [2.24, 2.45) is 0 Å². The number of carbonyl (C=O) groups is 1. The van der Waals surface area contributed by atoms with E-state index in [-0.39, 0.29) is 12.1 Å². The van der Waals surface area contributed by atoms with Gasteiger partial charge < -0.3 is 15.0 Å². The van der Waals surface area contributed by atoms with Gasteiger partial charge in [-0.2, -0.15) is 0 Å². The lowest BCUT2D eigenvalue weighted by molar-refractivity contribution is 0.127. The average Bonchev–Trinajstić information content (AvgIpc) is 3.25. The zero-order chi connectivity index (χ0) is 16.7. The molecule has 1 saturated heterocycles. The molecule has 1 saturated carbocycles. The summed E-state index contributed by atoms with van der Waals surface area (Å²) < 4.78 is 7.11. The number of hydrogen-bond donors (Lipinski definition) is 1. The lowest BCUT2D eigenvalue weighted by atomic mass is 10.1. The van der Waals surface area contributed by atoms with Crippen LogP contribution in [0.1, 0.15) is 30.5 Å². The molecule has 7 nitrogen and oxygen atoms in total. The highest BCUT2D eigenvalue weighted by Gasteiger charge is 2.34. The smallest absolute Gasteiger partial charge is 0.322 e. The molecule has 0 spiro atoms. The molecule has 0 radical (unpaired) electrons. The summed E-state index contributed by atoms with van der Waals surface area (Å²) in [6, 6.07) is 5.14. The van der Waals surface area contributed by atoms with Crippen LogP contribution in [0.25, 0.3) is 0 Å². The summed E-state index contributed by atoms with van der Waals surface area (Å²) in [5, 5.41) is 11.8. The van der Waals surface area contributed by atoms with Gasteiger partial charge in [-0.05, 0) is 31.0 Å². The average molecular weight is 348 g/mol. The third-order valence-electron chi connectivity index (χ3n) is 4.45. The van der Waals surface area contributed by atoms with Crippen molar-refractivity contribution < 1.29 is 9.53 Å². The number of likely N-dealkylation sites (tertiary alicyclic amines) is 1. The Balaban J connectivity index is 1.36. The molecule has 2 aromatic rings. The molecule has 1 aliphatic heterocycles. The molecule has 1 aromatic carbocycles. The minimum atomic E-state index is -0.172. The Morgan fingerprint density at radius 2 is 2.17 bits per heavy atom. The number of rotatable bonds is 4. The molecule has 1 aromatic heterocycles. The van der Waals surface area contributed by atoms with E-state index in [0.717, 1.165) is 5.69 Å². The topological polar surface area (TPSA) is 72.3 Å². The van der Waals surface area contributed by atoms with Crippen LogP contribution in [-0.4, -0.2) is 46.1 Å². The van der Waals surface area contributed by atoms with Crippen LogP contribution in [0.5, 0.6) is 5.75 Å². The summed E-state index contributed by atoms with van der Waals surface area (Å²) in [5.41, 5.74) is 1.64. The summed E-state index contributed by atoms with van der Waals surface area (Å²) in [5.74, 6) is 1.17. The van der Waals surface area contributed by atoms with Crippen LogP contribution in [0.15, 0.2) is 24.4 Å². The Labute approximate surface area is 144 Å². The highest BCUT2D eigenvalue weighted by Crippen LogP contribution is 2.39. The monoisotopic (exact) mass is 347 g/mol. The molecule has 0 bridgehead atoms. The maximum Gasteiger partial charge on any atom is 0.322 e. The number of amides is 2. The van der Waals surface area contributed by atoms with E-state index in [1.807, 2.05) is 10.9 Å². The van der Waals surface area contributed by atoms with Crippen LogP contribution >= 0.6 is 11.6 Å². The fraction of sp³-hybridized carbons (Fsp3) is 0.438. The second-order valence-corrected chi connectivity index (χ2v) is 6.67. The molecule has 8 heteroatoms. The minimum Gasteiger partial charge on any atom is -0.495 e. The van der Waals surface area contributed by atoms with E-state index in [4.69, 9.17) is 16.3 Å². The van der Waals surface area contributed by atoms with Crippen LogP contribution in [0.4, 0.5) is 10.5 Å². The predicted molar refractivity (Wildman–Crippen MR) is 89.6 cm³/mol. The highest BCUT2D eigenvalue weighted by atomic mass is 35.5. The van der Waals surface area contributed by atoms with Gasteiger partial charge in [-0.3, -0.25) is 0 Å². The van der Waals surface area contributed by atoms with E-state index < -0.39 is 0 Å². The van der Waals surface area contributed by atoms with Gasteiger partial charge in [-0.15, -0.1) is 5.10 Å². The Morgan fingerprint density at radius 1 is 1.38 bits per heavy atom. The Morgan fingerprint density at radius 3 is 2.88 bits per heavy atom. The number of nitrogens with one attached hydrogen (secondary N) is 1. The third-order valence-corrected chi connectivity index (χ3v) is 4.69. The first-order valence-corrected chi connectivity index (χ1v) is 8.33. The number of anilines is 1. The second kappa shape index (κ2) is 5.98. The van der Waals surface area contributed by atoms with Gasteiger partial charge in [0, 0.05) is 30.2 Å². The Bertz CT molecular complexity index is 768. The van der Waals surface area contributed by atoms with Gasteiger partial charge in [0.1, 0.15) is 5.75 Å². The zero-order valence-electron chi connectivity index (χ0n) is 13.3. The fourth-order valence-corrected chi connectivity index (χ4v) is 2.97. The zero-order valence-corrected chi connectivity index (χ0v) is 14.0. The van der Waals surface area contributed by atoms with Crippen molar-refractivity contribution in [3.63, 3.8) is 0 Å². The lowest BCUT2D eigenvalue weighted by Gasteiger charge is -2.38. The number of benzene rings is 1. The standard InChI is InChI=1S/C16H18ClN5O2/c1-24-15-5-4-11(17)6-13(15)18-16(23)21-7-12(8-21)22-9-14(19-20-22)10-2-3-10/h4-6,9-10,12H,2-3,7-8H2,1H3,(H,18,23). The number of nitrogens with zero attached hydrogens (tertiary/aromatic N) is 4. The van der Waals surface area contributed by atoms with Crippen molar-refractivity contribution in [2.45, 2.75) is 24.8 Å². The van der Waals surface area contributed by atoms with E-state index in [9.17, 15) is 4.79 Å². The van der Waals surface area contributed by atoms with Gasteiger partial charge in [-0.1, -0.05) is 16.8 Å². The van der Waals surface area contributed by atoms with Crippen molar-refractivity contribution in [3.05, 3.63) is 35.1 Å². The predicted octanol–water partition coefficient (Wildman–Crippen LogP) is 2.91. The molecular formula is C16H18ClN5O2. The van der Waals surface area contributed by atoms with Gasteiger partial charge in [0.2, 0.25) is 0 Å². The van der Waals surface area contributed by atoms with Crippen LogP contribution in [0, 0.1) is 0 Å². The summed E-state index contributed by atoms with van der Waals surface area (Å²) in [6.07, 6.45) is 4.43. The normalized spacial score (nSPS) is 17.5. The molecule has 2 heterocycles. The number of aromatic nitrogens is 3. The van der Waals surface area contributed by atoms with Crippen molar-refractivity contribution in [3.8, 4) is 5.75 Å². The first-order valence-electron chi connectivity index (χ1n) is 7.95. The Hall–Kier alpha value is -2.28. The molecule has 4 rings (SSSR count). The number of carbonyl (C=O) groups excluding carboxylic acids is 1. The van der Waals surface area contributed by atoms with E-state index in [2.05, 4.69) is 15.6 Å². The number of hydrogen-bond acceptors (Lipinski definition) is 4. The first kappa shape index (κ1) is 15.3. The van der Waals surface area contributed by atoms with Gasteiger partial charge in [0.05, 0.1) is 24.5 Å². The molecule has 2 fully saturated rings. The molecular weight excluding hydrogens is 330 g/mol. The van der Waals surface area contributed by atoms with Crippen LogP contribution in [0.3, 0.4) is 0 Å². The number of ether oxygens (including phenoxy) is 1. The van der Waals surface area contributed by atoms with Crippen LogP contribution in [-0.2, 0) is 0 Å². The van der Waals surface area contributed by atoms with Crippen molar-refractivity contribution in [1.29, 1.82) is 0 Å².